The van der Waals surface area contributed by atoms with E-state index in [1.165, 1.54) is 0 Å². The highest BCUT2D eigenvalue weighted by Gasteiger charge is 2.20. The molecule has 0 heterocycles. The van der Waals surface area contributed by atoms with Crippen LogP contribution in [-0.2, 0) is 0 Å². The molecule has 0 saturated carbocycles. The molecular weight excluding hydrogens is 277 g/mol. The molecule has 0 aromatic heterocycles. The maximum atomic E-state index is 5.69. The lowest BCUT2D eigenvalue weighted by molar-refractivity contribution is -0.895. The Balaban J connectivity index is 0. The standard InChI is InChI=1S/C9H22N3.HI/c1-6-8(10)11-9(7-2)12(3,4)5;/h9H,6-7H2,1-5H3,(H2,10,11);1H/q+1;/p-1. The number of halogens is 1. The van der Waals surface area contributed by atoms with Gasteiger partial charge in [0.1, 0.15) is 0 Å². The molecule has 0 spiro atoms. The molecule has 1 unspecified atom stereocenters. The molecule has 13 heavy (non-hydrogen) atoms. The highest BCUT2D eigenvalue weighted by atomic mass is 127. The van der Waals surface area contributed by atoms with Crippen molar-refractivity contribution in [2.45, 2.75) is 32.9 Å². The van der Waals surface area contributed by atoms with Crippen molar-refractivity contribution in [2.75, 3.05) is 21.1 Å². The van der Waals surface area contributed by atoms with Crippen LogP contribution in [0.2, 0.25) is 0 Å². The van der Waals surface area contributed by atoms with Crippen LogP contribution in [0.4, 0.5) is 0 Å². The Hall–Kier alpha value is 0.160. The minimum atomic E-state index is 0. The smallest absolute Gasteiger partial charge is 0.183 e. The normalized spacial score (nSPS) is 15.0. The zero-order valence-corrected chi connectivity index (χ0v) is 11.5. The Morgan fingerprint density at radius 3 is 2.00 bits per heavy atom. The number of aliphatic imine (C=N–C) groups is 1. The summed E-state index contributed by atoms with van der Waals surface area (Å²) in [5, 5.41) is 0. The van der Waals surface area contributed by atoms with Gasteiger partial charge in [-0.1, -0.05) is 13.8 Å². The minimum Gasteiger partial charge on any atom is -1.00 e. The number of hydrogen-bond acceptors (Lipinski definition) is 1. The second-order valence-corrected chi connectivity index (χ2v) is 3.98. The van der Waals surface area contributed by atoms with Gasteiger partial charge >= 0.3 is 0 Å². The number of hydrogen-bond donors (Lipinski definition) is 1. The van der Waals surface area contributed by atoms with Crippen molar-refractivity contribution in [1.29, 1.82) is 0 Å². The van der Waals surface area contributed by atoms with E-state index in [2.05, 4.69) is 33.1 Å². The maximum Gasteiger partial charge on any atom is 0.183 e. The van der Waals surface area contributed by atoms with E-state index in [0.29, 0.717) is 6.17 Å². The third kappa shape index (κ3) is 6.26. The summed E-state index contributed by atoms with van der Waals surface area (Å²) < 4.78 is 0.844. The second-order valence-electron chi connectivity index (χ2n) is 3.98. The Bertz CT molecular complexity index is 161. The van der Waals surface area contributed by atoms with Crippen LogP contribution in [0.25, 0.3) is 0 Å². The molecule has 3 nitrogen and oxygen atoms in total. The average molecular weight is 299 g/mol. The summed E-state index contributed by atoms with van der Waals surface area (Å²) >= 11 is 0. The van der Waals surface area contributed by atoms with Gasteiger partial charge in [0.25, 0.3) is 0 Å². The molecule has 0 aliphatic heterocycles. The third-order valence-corrected chi connectivity index (χ3v) is 1.94. The molecule has 80 valence electrons. The van der Waals surface area contributed by atoms with Crippen molar-refractivity contribution >= 4 is 5.84 Å². The first-order valence-electron chi connectivity index (χ1n) is 4.55. The lowest BCUT2D eigenvalue weighted by Crippen LogP contribution is -3.00. The Labute approximate surface area is 99.0 Å². The second kappa shape index (κ2) is 6.59. The van der Waals surface area contributed by atoms with E-state index in [1.807, 2.05) is 6.92 Å². The number of nitrogens with zero attached hydrogens (tertiary/aromatic N) is 2. The van der Waals surface area contributed by atoms with Gasteiger partial charge in [0, 0.05) is 12.8 Å². The minimum absolute atomic E-state index is 0. The van der Waals surface area contributed by atoms with Crippen LogP contribution >= 0.6 is 0 Å². The van der Waals surface area contributed by atoms with Gasteiger partial charge in [-0.3, -0.25) is 0 Å². The van der Waals surface area contributed by atoms with E-state index in [0.717, 1.165) is 23.2 Å². The van der Waals surface area contributed by atoms with Crippen LogP contribution in [0.1, 0.15) is 26.7 Å². The predicted octanol–water partition coefficient (Wildman–Crippen LogP) is -1.80. The van der Waals surface area contributed by atoms with E-state index in [-0.39, 0.29) is 24.0 Å². The highest BCUT2D eigenvalue weighted by Crippen LogP contribution is 2.08. The van der Waals surface area contributed by atoms with Crippen molar-refractivity contribution in [3.8, 4) is 0 Å². The lowest BCUT2D eigenvalue weighted by Gasteiger charge is -2.30. The molecule has 1 atom stereocenters. The van der Waals surface area contributed by atoms with E-state index < -0.39 is 0 Å². The molecule has 0 saturated heterocycles. The summed E-state index contributed by atoms with van der Waals surface area (Å²) in [6.45, 7) is 4.17. The molecule has 0 aromatic carbocycles. The first-order chi connectivity index (χ1) is 5.41. The molecule has 0 bridgehead atoms. The molecule has 0 aliphatic rings. The Morgan fingerprint density at radius 2 is 1.77 bits per heavy atom. The summed E-state index contributed by atoms with van der Waals surface area (Å²) in [7, 11) is 6.42. The van der Waals surface area contributed by atoms with Crippen LogP contribution in [0, 0.1) is 0 Å². The van der Waals surface area contributed by atoms with Gasteiger partial charge in [-0.05, 0) is 0 Å². The first-order valence-corrected chi connectivity index (χ1v) is 4.55. The SMILES string of the molecule is CC/C(N)=N/C(CC)[N+](C)(C)C.[I-]. The first kappa shape index (κ1) is 15.6. The number of rotatable bonds is 4. The topological polar surface area (TPSA) is 38.4 Å². The summed E-state index contributed by atoms with van der Waals surface area (Å²) in [4.78, 5) is 4.45. The molecule has 0 rings (SSSR count). The molecular formula is C9H22IN3. The van der Waals surface area contributed by atoms with Crippen molar-refractivity contribution in [2.24, 2.45) is 10.7 Å². The largest absolute Gasteiger partial charge is 1.00 e. The van der Waals surface area contributed by atoms with Crippen LogP contribution in [-0.4, -0.2) is 37.6 Å². The fourth-order valence-corrected chi connectivity index (χ4v) is 1.09. The van der Waals surface area contributed by atoms with Crippen LogP contribution < -0.4 is 29.7 Å². The molecule has 0 fully saturated rings. The molecule has 0 amide bonds. The lowest BCUT2D eigenvalue weighted by atomic mass is 10.3. The number of nitrogens with two attached hydrogens (primary N) is 1. The molecule has 2 N–H and O–H groups in total. The van der Waals surface area contributed by atoms with Gasteiger partial charge in [-0.15, -0.1) is 0 Å². The van der Waals surface area contributed by atoms with Crippen molar-refractivity contribution < 1.29 is 28.5 Å². The van der Waals surface area contributed by atoms with Crippen molar-refractivity contribution in [1.82, 2.24) is 0 Å². The number of amidine groups is 1. The third-order valence-electron chi connectivity index (χ3n) is 1.94. The predicted molar refractivity (Wildman–Crippen MR) is 54.0 cm³/mol. The quantitative estimate of drug-likeness (QED) is 0.283. The van der Waals surface area contributed by atoms with E-state index >= 15 is 0 Å². The summed E-state index contributed by atoms with van der Waals surface area (Å²) in [5.74, 6) is 0.759. The highest BCUT2D eigenvalue weighted by molar-refractivity contribution is 5.79. The fourth-order valence-electron chi connectivity index (χ4n) is 1.09. The summed E-state index contributed by atoms with van der Waals surface area (Å²) in [5.41, 5.74) is 5.69. The molecule has 0 aliphatic carbocycles. The van der Waals surface area contributed by atoms with Crippen LogP contribution in [0.3, 0.4) is 0 Å². The van der Waals surface area contributed by atoms with Gasteiger partial charge in [0.15, 0.2) is 6.17 Å². The zero-order chi connectivity index (χ0) is 9.78. The molecule has 0 radical (unpaired) electrons. The van der Waals surface area contributed by atoms with Gasteiger partial charge < -0.3 is 34.2 Å². The monoisotopic (exact) mass is 299 g/mol. The average Bonchev–Trinajstić information content (AvgIpc) is 1.97. The van der Waals surface area contributed by atoms with Crippen LogP contribution in [0.5, 0.6) is 0 Å². The Morgan fingerprint density at radius 1 is 1.31 bits per heavy atom. The van der Waals surface area contributed by atoms with Crippen molar-refractivity contribution in [3.63, 3.8) is 0 Å². The van der Waals surface area contributed by atoms with Gasteiger partial charge in [0.05, 0.1) is 27.0 Å². The maximum absolute atomic E-state index is 5.69. The van der Waals surface area contributed by atoms with E-state index in [9.17, 15) is 0 Å². The van der Waals surface area contributed by atoms with Gasteiger partial charge in [0.2, 0.25) is 0 Å². The van der Waals surface area contributed by atoms with Crippen LogP contribution in [0.15, 0.2) is 4.99 Å². The zero-order valence-electron chi connectivity index (χ0n) is 9.34. The van der Waals surface area contributed by atoms with E-state index in [4.69, 9.17) is 5.73 Å². The molecule has 0 aromatic rings. The van der Waals surface area contributed by atoms with Gasteiger partial charge in [-0.25, -0.2) is 4.99 Å². The van der Waals surface area contributed by atoms with Crippen molar-refractivity contribution in [3.05, 3.63) is 0 Å². The fraction of sp³-hybridized carbons (Fsp3) is 0.889. The molecule has 4 heteroatoms. The van der Waals surface area contributed by atoms with E-state index in [1.54, 1.807) is 0 Å². The Kier molecular flexibility index (Phi) is 7.92. The summed E-state index contributed by atoms with van der Waals surface area (Å²) in [6.07, 6.45) is 2.17. The number of quaternary nitrogens is 1. The van der Waals surface area contributed by atoms with Gasteiger partial charge in [-0.2, -0.15) is 0 Å². The summed E-state index contributed by atoms with van der Waals surface area (Å²) in [6, 6.07) is 0.